The summed E-state index contributed by atoms with van der Waals surface area (Å²) in [5, 5.41) is 8.96. The Hall–Kier alpha value is -1.39. The number of aliphatic hydroxyl groups excluding tert-OH is 1. The molecule has 0 bridgehead atoms. The van der Waals surface area contributed by atoms with Gasteiger partial charge in [0.05, 0.1) is 6.61 Å². The second kappa shape index (κ2) is 6.16. The minimum Gasteiger partial charge on any atom is -0.395 e. The van der Waals surface area contributed by atoms with Crippen LogP contribution in [0.5, 0.6) is 0 Å². The molecule has 2 atom stereocenters. The van der Waals surface area contributed by atoms with Gasteiger partial charge in [0.1, 0.15) is 0 Å². The smallest absolute Gasteiger partial charge is 0.226 e. The normalized spacial score (nSPS) is 25.9. The van der Waals surface area contributed by atoms with E-state index >= 15 is 0 Å². The number of aryl methyl sites for hydroxylation is 1. The van der Waals surface area contributed by atoms with Crippen LogP contribution in [-0.2, 0) is 4.79 Å². The van der Waals surface area contributed by atoms with Gasteiger partial charge >= 0.3 is 0 Å². The van der Waals surface area contributed by atoms with Crippen molar-refractivity contribution in [1.29, 1.82) is 0 Å². The van der Waals surface area contributed by atoms with Gasteiger partial charge in [0, 0.05) is 38.6 Å². The molecular formula is C17H24N2O2. The SMILES string of the molecule is Cc1ccccc1C1CC1C(=O)N1CCN(CCO)CC1. The van der Waals surface area contributed by atoms with Crippen LogP contribution in [0.3, 0.4) is 0 Å². The first-order chi connectivity index (χ1) is 10.2. The van der Waals surface area contributed by atoms with E-state index in [1.165, 1.54) is 11.1 Å². The first-order valence-corrected chi connectivity index (χ1v) is 7.88. The number of hydrogen-bond acceptors (Lipinski definition) is 3. The average molecular weight is 288 g/mol. The van der Waals surface area contributed by atoms with Gasteiger partial charge in [-0.25, -0.2) is 0 Å². The van der Waals surface area contributed by atoms with Crippen LogP contribution in [-0.4, -0.2) is 60.1 Å². The molecule has 2 unspecified atom stereocenters. The summed E-state index contributed by atoms with van der Waals surface area (Å²) in [6.07, 6.45) is 1.00. The van der Waals surface area contributed by atoms with Crippen molar-refractivity contribution in [2.45, 2.75) is 19.3 Å². The Morgan fingerprint density at radius 3 is 2.62 bits per heavy atom. The predicted octanol–water partition coefficient (Wildman–Crippen LogP) is 1.24. The molecule has 0 spiro atoms. The summed E-state index contributed by atoms with van der Waals surface area (Å²) < 4.78 is 0. The third-order valence-electron chi connectivity index (χ3n) is 4.80. The van der Waals surface area contributed by atoms with E-state index in [9.17, 15) is 4.79 Å². The number of benzene rings is 1. The van der Waals surface area contributed by atoms with Crippen molar-refractivity contribution >= 4 is 5.91 Å². The Bertz CT molecular complexity index is 509. The van der Waals surface area contributed by atoms with Crippen molar-refractivity contribution in [2.75, 3.05) is 39.3 Å². The average Bonchev–Trinajstić information content (AvgIpc) is 3.28. The summed E-state index contributed by atoms with van der Waals surface area (Å²) in [6, 6.07) is 8.41. The quantitative estimate of drug-likeness (QED) is 0.906. The van der Waals surface area contributed by atoms with Crippen molar-refractivity contribution < 1.29 is 9.90 Å². The number of rotatable bonds is 4. The van der Waals surface area contributed by atoms with E-state index < -0.39 is 0 Å². The second-order valence-electron chi connectivity index (χ2n) is 6.20. The maximum atomic E-state index is 12.6. The summed E-state index contributed by atoms with van der Waals surface area (Å²) in [4.78, 5) is 16.8. The maximum absolute atomic E-state index is 12.6. The molecule has 3 rings (SSSR count). The fourth-order valence-electron chi connectivity index (χ4n) is 3.38. The molecule has 114 valence electrons. The molecule has 4 nitrogen and oxygen atoms in total. The molecule has 1 amide bonds. The summed E-state index contributed by atoms with van der Waals surface area (Å²) in [5.74, 6) is 0.941. The van der Waals surface area contributed by atoms with Gasteiger partial charge in [-0.2, -0.15) is 0 Å². The van der Waals surface area contributed by atoms with E-state index in [1.54, 1.807) is 0 Å². The second-order valence-corrected chi connectivity index (χ2v) is 6.20. The molecule has 4 heteroatoms. The highest BCUT2D eigenvalue weighted by molar-refractivity contribution is 5.83. The Balaban J connectivity index is 1.55. The van der Waals surface area contributed by atoms with Gasteiger partial charge in [-0.15, -0.1) is 0 Å². The van der Waals surface area contributed by atoms with Gasteiger partial charge in [0.15, 0.2) is 0 Å². The van der Waals surface area contributed by atoms with Gasteiger partial charge in [-0.05, 0) is 30.4 Å². The molecule has 1 saturated carbocycles. The lowest BCUT2D eigenvalue weighted by atomic mass is 10.0. The van der Waals surface area contributed by atoms with Crippen molar-refractivity contribution in [2.24, 2.45) is 5.92 Å². The standard InChI is InChI=1S/C17H24N2O2/c1-13-4-2-3-5-14(13)15-12-16(15)17(21)19-8-6-18(7-9-19)10-11-20/h2-5,15-16,20H,6-12H2,1H3. The zero-order chi connectivity index (χ0) is 14.8. The van der Waals surface area contributed by atoms with Crippen LogP contribution in [0.4, 0.5) is 0 Å². The van der Waals surface area contributed by atoms with Crippen LogP contribution >= 0.6 is 0 Å². The monoisotopic (exact) mass is 288 g/mol. The van der Waals surface area contributed by atoms with E-state index in [4.69, 9.17) is 5.11 Å². The number of carbonyl (C=O) groups excluding carboxylic acids is 1. The molecule has 1 aliphatic heterocycles. The Kier molecular flexibility index (Phi) is 4.27. The first-order valence-electron chi connectivity index (χ1n) is 7.88. The zero-order valence-electron chi connectivity index (χ0n) is 12.7. The highest BCUT2D eigenvalue weighted by atomic mass is 16.3. The van der Waals surface area contributed by atoms with Crippen molar-refractivity contribution in [3.8, 4) is 0 Å². The van der Waals surface area contributed by atoms with Crippen LogP contribution in [0.2, 0.25) is 0 Å². The Morgan fingerprint density at radius 1 is 1.24 bits per heavy atom. The highest BCUT2D eigenvalue weighted by Gasteiger charge is 2.46. The fourth-order valence-corrected chi connectivity index (χ4v) is 3.38. The van der Waals surface area contributed by atoms with Gasteiger partial charge in [-0.3, -0.25) is 9.69 Å². The minimum absolute atomic E-state index is 0.190. The van der Waals surface area contributed by atoms with Gasteiger partial charge in [0.2, 0.25) is 5.91 Å². The summed E-state index contributed by atoms with van der Waals surface area (Å²) in [5.41, 5.74) is 2.64. The highest BCUT2D eigenvalue weighted by Crippen LogP contribution is 2.49. The molecule has 0 radical (unpaired) electrons. The predicted molar refractivity (Wildman–Crippen MR) is 82.1 cm³/mol. The topological polar surface area (TPSA) is 43.8 Å². The van der Waals surface area contributed by atoms with Gasteiger partial charge in [-0.1, -0.05) is 24.3 Å². The molecule has 1 saturated heterocycles. The summed E-state index contributed by atoms with van der Waals surface area (Å²) in [6.45, 7) is 6.42. The molecule has 1 aliphatic carbocycles. The van der Waals surface area contributed by atoms with Crippen molar-refractivity contribution in [3.63, 3.8) is 0 Å². The van der Waals surface area contributed by atoms with Crippen molar-refractivity contribution in [1.82, 2.24) is 9.80 Å². The number of hydrogen-bond donors (Lipinski definition) is 1. The van der Waals surface area contributed by atoms with Crippen LogP contribution < -0.4 is 0 Å². The molecule has 2 fully saturated rings. The molecular weight excluding hydrogens is 264 g/mol. The Labute approximate surface area is 126 Å². The summed E-state index contributed by atoms with van der Waals surface area (Å²) in [7, 11) is 0. The number of β-amino-alcohol motifs (C(OH)–C–C–N with tert-alkyl or cyclic N) is 1. The Morgan fingerprint density at radius 2 is 1.95 bits per heavy atom. The molecule has 21 heavy (non-hydrogen) atoms. The van der Waals surface area contributed by atoms with E-state index in [2.05, 4.69) is 36.1 Å². The van der Waals surface area contributed by atoms with Crippen molar-refractivity contribution in [3.05, 3.63) is 35.4 Å². The van der Waals surface area contributed by atoms with Crippen LogP contribution in [0, 0.1) is 12.8 Å². The molecule has 1 N–H and O–H groups in total. The molecule has 1 heterocycles. The number of amides is 1. The van der Waals surface area contributed by atoms with Crippen LogP contribution in [0.25, 0.3) is 0 Å². The number of piperazine rings is 1. The van der Waals surface area contributed by atoms with E-state index in [-0.39, 0.29) is 12.5 Å². The van der Waals surface area contributed by atoms with Crippen LogP contribution in [0.1, 0.15) is 23.5 Å². The zero-order valence-corrected chi connectivity index (χ0v) is 12.7. The third kappa shape index (κ3) is 3.11. The fraction of sp³-hybridized carbons (Fsp3) is 0.588. The van der Waals surface area contributed by atoms with Gasteiger partial charge in [0.25, 0.3) is 0 Å². The lowest BCUT2D eigenvalue weighted by molar-refractivity contribution is -0.134. The largest absolute Gasteiger partial charge is 0.395 e. The first kappa shape index (κ1) is 14.5. The lowest BCUT2D eigenvalue weighted by Crippen LogP contribution is -2.49. The molecule has 0 aromatic heterocycles. The van der Waals surface area contributed by atoms with Gasteiger partial charge < -0.3 is 10.0 Å². The molecule has 1 aromatic carbocycles. The minimum atomic E-state index is 0.190. The third-order valence-corrected chi connectivity index (χ3v) is 4.80. The molecule has 2 aliphatic rings. The van der Waals surface area contributed by atoms with Crippen LogP contribution in [0.15, 0.2) is 24.3 Å². The number of aliphatic hydroxyl groups is 1. The molecule has 1 aromatic rings. The maximum Gasteiger partial charge on any atom is 0.226 e. The van der Waals surface area contributed by atoms with E-state index in [1.807, 2.05) is 4.90 Å². The lowest BCUT2D eigenvalue weighted by Gasteiger charge is -2.34. The number of nitrogens with zero attached hydrogens (tertiary/aromatic N) is 2. The summed E-state index contributed by atoms with van der Waals surface area (Å²) >= 11 is 0. The number of carbonyl (C=O) groups is 1. The van der Waals surface area contributed by atoms with E-state index in [0.717, 1.165) is 39.1 Å². The van der Waals surface area contributed by atoms with E-state index in [0.29, 0.717) is 11.8 Å².